The van der Waals surface area contributed by atoms with Crippen LogP contribution in [-0.4, -0.2) is 82.1 Å². The molecule has 0 aliphatic heterocycles. The van der Waals surface area contributed by atoms with Gasteiger partial charge in [-0.05, 0) is 120 Å². The van der Waals surface area contributed by atoms with Crippen LogP contribution in [0.3, 0.4) is 0 Å². The Kier molecular flexibility index (Phi) is 20.2. The SMILES string of the molecule is CCCc1nc(C(C)(C)O)c(C(=O)OCc2oc(=O)oc2C)n1Cc1ccc(-c2ccccc2-c2nn[nH]n2)cc1.CCCc1nc(C(C)(C)O)c(C(=O)OCc2oc(=O)oc2C)n1Cc1ccc(-c2ccccc2-c2nnnn2C(c2ccccc2)(c2ccccc2)c2ccccc2)cc1. The zero-order valence-electron chi connectivity index (χ0n) is 57.0. The van der Waals surface area contributed by atoms with Crippen molar-refractivity contribution in [3.63, 3.8) is 0 Å². The Morgan fingerprint density at radius 2 is 0.901 bits per heavy atom. The van der Waals surface area contributed by atoms with Crippen LogP contribution in [0.5, 0.6) is 0 Å². The lowest BCUT2D eigenvalue weighted by Gasteiger charge is -2.36. The van der Waals surface area contributed by atoms with Crippen LogP contribution in [0.1, 0.15) is 149 Å². The van der Waals surface area contributed by atoms with Gasteiger partial charge in [0.15, 0.2) is 53.5 Å². The highest BCUT2D eigenvalue weighted by Gasteiger charge is 2.43. The number of H-pyrrole nitrogens is 1. The van der Waals surface area contributed by atoms with Gasteiger partial charge in [0, 0.05) is 37.1 Å². The number of nitrogens with one attached hydrogen (secondary N) is 1. The number of rotatable bonds is 24. The predicted octanol–water partition coefficient (Wildman–Crippen LogP) is 12.7. The molecule has 0 atom stereocenters. The normalized spacial score (nSPS) is 11.7. The smallest absolute Gasteiger partial charge is 0.453 e. The average Bonchev–Trinajstić information content (AvgIpc) is 1.39. The molecule has 101 heavy (non-hydrogen) atoms. The van der Waals surface area contributed by atoms with Crippen molar-refractivity contribution >= 4 is 11.9 Å². The fourth-order valence-corrected chi connectivity index (χ4v) is 12.4. The lowest BCUT2D eigenvalue weighted by molar-refractivity contribution is 0.0391. The van der Waals surface area contributed by atoms with E-state index in [-0.39, 0.29) is 65.6 Å². The molecular formula is C77H74N12O12. The summed E-state index contributed by atoms with van der Waals surface area (Å²) in [7, 11) is 0. The van der Waals surface area contributed by atoms with Gasteiger partial charge in [0.1, 0.15) is 39.8 Å². The first-order valence-electron chi connectivity index (χ1n) is 33.0. The number of imidazole rings is 2. The number of benzene rings is 7. The van der Waals surface area contributed by atoms with Crippen molar-refractivity contribution in [1.82, 2.24) is 59.9 Å². The summed E-state index contributed by atoms with van der Waals surface area (Å²) in [5.74, 6) is -0.138. The third-order valence-corrected chi connectivity index (χ3v) is 17.2. The molecule has 0 bridgehead atoms. The lowest BCUT2D eigenvalue weighted by Crippen LogP contribution is -2.39. The van der Waals surface area contributed by atoms with E-state index in [2.05, 4.69) is 73.3 Å². The van der Waals surface area contributed by atoms with Crippen molar-refractivity contribution in [3.8, 4) is 45.0 Å². The maximum atomic E-state index is 13.8. The van der Waals surface area contributed by atoms with Gasteiger partial charge in [0.2, 0.25) is 5.82 Å². The first-order chi connectivity index (χ1) is 48.7. The molecule has 24 nitrogen and oxygen atoms in total. The monoisotopic (exact) mass is 1360 g/mol. The number of carbonyl (C=O) groups excluding carboxylic acids is 2. The molecule has 7 aromatic carbocycles. The molecule has 24 heteroatoms. The highest BCUT2D eigenvalue weighted by atomic mass is 16.6. The molecule has 13 rings (SSSR count). The highest BCUT2D eigenvalue weighted by molar-refractivity contribution is 5.90. The third-order valence-electron chi connectivity index (χ3n) is 17.2. The first-order valence-corrected chi connectivity index (χ1v) is 33.0. The van der Waals surface area contributed by atoms with Crippen molar-refractivity contribution < 1.29 is 46.9 Å². The molecule has 514 valence electrons. The molecule has 6 heterocycles. The minimum atomic E-state index is -1.46. The number of tetrazole rings is 2. The number of carbonyl (C=O) groups is 2. The third kappa shape index (κ3) is 14.6. The van der Waals surface area contributed by atoms with Crippen LogP contribution in [0.4, 0.5) is 0 Å². The van der Waals surface area contributed by atoms with Crippen LogP contribution in [0.2, 0.25) is 0 Å². The summed E-state index contributed by atoms with van der Waals surface area (Å²) in [5.41, 5.74) is 7.11. The van der Waals surface area contributed by atoms with Crippen LogP contribution >= 0.6 is 0 Å². The highest BCUT2D eigenvalue weighted by Crippen LogP contribution is 2.44. The molecule has 6 aromatic heterocycles. The number of aliphatic hydroxyl groups is 2. The molecule has 0 spiro atoms. The Labute approximate surface area is 579 Å². The van der Waals surface area contributed by atoms with Gasteiger partial charge in [0.05, 0.1) is 0 Å². The number of aromatic amines is 1. The van der Waals surface area contributed by atoms with Gasteiger partial charge in [-0.1, -0.05) is 202 Å². The molecule has 0 aliphatic carbocycles. The first kappa shape index (κ1) is 68.9. The van der Waals surface area contributed by atoms with E-state index in [1.807, 2.05) is 164 Å². The van der Waals surface area contributed by atoms with E-state index < -0.39 is 40.3 Å². The number of esters is 2. The van der Waals surface area contributed by atoms with Crippen LogP contribution in [0.15, 0.2) is 215 Å². The zero-order chi connectivity index (χ0) is 71.0. The van der Waals surface area contributed by atoms with Crippen LogP contribution in [0, 0.1) is 13.8 Å². The van der Waals surface area contributed by atoms with E-state index in [9.17, 15) is 29.4 Å². The largest absolute Gasteiger partial charge is 0.519 e. The summed E-state index contributed by atoms with van der Waals surface area (Å²) < 4.78 is 36.5. The van der Waals surface area contributed by atoms with E-state index in [1.165, 1.54) is 0 Å². The molecule has 0 saturated heterocycles. The van der Waals surface area contributed by atoms with Gasteiger partial charge < -0.3 is 46.5 Å². The Balaban J connectivity index is 0.000000205. The number of ether oxygens (including phenoxy) is 2. The average molecular weight is 1360 g/mol. The van der Waals surface area contributed by atoms with Crippen molar-refractivity contribution in [2.45, 2.75) is 124 Å². The van der Waals surface area contributed by atoms with Gasteiger partial charge in [-0.3, -0.25) is 0 Å². The Morgan fingerprint density at radius 3 is 1.28 bits per heavy atom. The van der Waals surface area contributed by atoms with Crippen molar-refractivity contribution in [1.29, 1.82) is 0 Å². The molecular weight excluding hydrogens is 1280 g/mol. The van der Waals surface area contributed by atoms with Gasteiger partial charge in [-0.25, -0.2) is 33.8 Å². The number of nitrogens with zero attached hydrogens (tertiary/aromatic N) is 11. The van der Waals surface area contributed by atoms with Gasteiger partial charge >= 0.3 is 23.6 Å². The quantitative estimate of drug-likeness (QED) is 0.0374. The summed E-state index contributed by atoms with van der Waals surface area (Å²) in [6, 6.07) is 62.7. The van der Waals surface area contributed by atoms with Crippen molar-refractivity contribution in [2.75, 3.05) is 0 Å². The Hall–Kier alpha value is -12.0. The van der Waals surface area contributed by atoms with Crippen LogP contribution in [-0.2, 0) is 65.4 Å². The summed E-state index contributed by atoms with van der Waals surface area (Å²) in [5, 5.41) is 50.3. The molecule has 3 N–H and O–H groups in total. The summed E-state index contributed by atoms with van der Waals surface area (Å²) >= 11 is 0. The second kappa shape index (κ2) is 29.6. The molecule has 0 unspecified atom stereocenters. The second-order valence-corrected chi connectivity index (χ2v) is 25.2. The Morgan fingerprint density at radius 1 is 0.505 bits per heavy atom. The number of aromatic nitrogens is 12. The fraction of sp³-hybridized carbons (Fsp3) is 0.247. The molecule has 13 aromatic rings. The van der Waals surface area contributed by atoms with E-state index >= 15 is 0 Å². The second-order valence-electron chi connectivity index (χ2n) is 25.2. The summed E-state index contributed by atoms with van der Waals surface area (Å²) in [6.45, 7) is 13.4. The zero-order valence-corrected chi connectivity index (χ0v) is 57.0. The lowest BCUT2D eigenvalue weighted by atomic mass is 9.77. The van der Waals surface area contributed by atoms with Gasteiger partial charge in [-0.2, -0.15) is 5.21 Å². The van der Waals surface area contributed by atoms with E-state index in [4.69, 9.17) is 42.4 Å². The number of hydrogen-bond acceptors (Lipinski definition) is 20. The minimum absolute atomic E-state index is 0.105. The number of aryl methyl sites for hydroxylation is 4. The topological polar surface area (TPSA) is 313 Å². The summed E-state index contributed by atoms with van der Waals surface area (Å²) in [4.78, 5) is 59.7. The molecule has 0 radical (unpaired) electrons. The van der Waals surface area contributed by atoms with Gasteiger partial charge in [-0.15, -0.1) is 15.3 Å². The summed E-state index contributed by atoms with van der Waals surface area (Å²) in [6.07, 6.45) is 2.68. The van der Waals surface area contributed by atoms with Gasteiger partial charge in [0.25, 0.3) is 0 Å². The Bertz CT molecular complexity index is 5020. The van der Waals surface area contributed by atoms with Crippen LogP contribution < -0.4 is 11.6 Å². The van der Waals surface area contributed by atoms with E-state index in [0.717, 1.165) is 74.0 Å². The van der Waals surface area contributed by atoms with Crippen molar-refractivity contribution in [3.05, 3.63) is 295 Å². The standard InChI is InChI=1S/C48H44N6O6.C29H30N6O6/c1-5-17-41-49-43(47(3,4)57)42(45(55)58-31-40-32(2)59-46(56)60-40)53(41)30-33-26-28-34(29-27-33)38-24-15-16-25-39(38)44-50-51-52-54(44)48(35-18-9-6-10-19-35,36-20-11-7-12-21-36)37-22-13-8-14-23-37;1-5-8-23-30-25(29(3,4)38)24(27(36)39-16-22-17(2)40-28(37)41-22)35(23)15-18-11-13-19(14-12-18)20-9-6-7-10-21(20)26-31-33-34-32-26/h6-16,18-29,57H,5,17,30-31H2,1-4H3;6-7,9-14,38H,5,8,15-16H2,1-4H3,(H,31,32,33,34). The van der Waals surface area contributed by atoms with E-state index in [0.29, 0.717) is 42.7 Å². The van der Waals surface area contributed by atoms with Crippen molar-refractivity contribution in [2.24, 2.45) is 0 Å². The van der Waals surface area contributed by atoms with Crippen LogP contribution in [0.25, 0.3) is 45.0 Å². The maximum Gasteiger partial charge on any atom is 0.519 e. The fourth-order valence-electron chi connectivity index (χ4n) is 12.4. The molecule has 0 saturated carbocycles. The predicted molar refractivity (Wildman–Crippen MR) is 372 cm³/mol. The molecule has 0 aliphatic rings. The number of hydrogen-bond donors (Lipinski definition) is 3. The van der Waals surface area contributed by atoms with E-state index in [1.54, 1.807) is 50.7 Å². The minimum Gasteiger partial charge on any atom is -0.453 e. The molecule has 0 fully saturated rings. The molecule has 0 amide bonds. The maximum absolute atomic E-state index is 13.8.